The number of anilines is 1. The second kappa shape index (κ2) is 10.8. The van der Waals surface area contributed by atoms with Crippen molar-refractivity contribution in [3.63, 3.8) is 0 Å². The molecule has 0 bridgehead atoms. The van der Waals surface area contributed by atoms with Crippen molar-refractivity contribution in [3.8, 4) is 0 Å². The van der Waals surface area contributed by atoms with Crippen LogP contribution in [-0.2, 0) is 16.1 Å². The number of thioether (sulfide) groups is 1. The summed E-state index contributed by atoms with van der Waals surface area (Å²) in [6, 6.07) is 25.7. The summed E-state index contributed by atoms with van der Waals surface area (Å²) in [5, 5.41) is 2.82. The lowest BCUT2D eigenvalue weighted by Crippen LogP contribution is -2.34. The van der Waals surface area contributed by atoms with Gasteiger partial charge in [-0.05, 0) is 48.7 Å². The first kappa shape index (κ1) is 22.6. The molecular weight excluding hydrogens is 404 g/mol. The summed E-state index contributed by atoms with van der Waals surface area (Å²) in [6.45, 7) is 6.11. The maximum Gasteiger partial charge on any atom is 0.233 e. The second-order valence-corrected chi connectivity index (χ2v) is 8.56. The van der Waals surface area contributed by atoms with Gasteiger partial charge in [0, 0.05) is 24.1 Å². The highest BCUT2D eigenvalue weighted by Gasteiger charge is 2.22. The van der Waals surface area contributed by atoms with Crippen molar-refractivity contribution in [1.29, 1.82) is 0 Å². The molecule has 31 heavy (non-hydrogen) atoms. The van der Waals surface area contributed by atoms with Crippen molar-refractivity contribution in [1.82, 2.24) is 4.90 Å². The topological polar surface area (TPSA) is 49.4 Å². The van der Waals surface area contributed by atoms with Crippen molar-refractivity contribution < 1.29 is 9.59 Å². The molecule has 1 N–H and O–H groups in total. The molecule has 0 spiro atoms. The van der Waals surface area contributed by atoms with Gasteiger partial charge >= 0.3 is 0 Å². The fourth-order valence-corrected chi connectivity index (χ4v) is 4.34. The molecule has 0 saturated heterocycles. The van der Waals surface area contributed by atoms with Gasteiger partial charge in [0.05, 0.1) is 11.8 Å². The van der Waals surface area contributed by atoms with Gasteiger partial charge in [-0.1, -0.05) is 60.7 Å². The number of aryl methyl sites for hydroxylation is 1. The fraction of sp³-hybridized carbons (Fsp3) is 0.231. The first-order valence-corrected chi connectivity index (χ1v) is 11.3. The van der Waals surface area contributed by atoms with Gasteiger partial charge in [0.25, 0.3) is 0 Å². The van der Waals surface area contributed by atoms with E-state index in [-0.39, 0.29) is 17.9 Å². The Hall–Kier alpha value is -3.05. The van der Waals surface area contributed by atoms with Crippen LogP contribution in [0.3, 0.4) is 0 Å². The van der Waals surface area contributed by atoms with Crippen LogP contribution >= 0.6 is 11.8 Å². The van der Waals surface area contributed by atoms with Crippen LogP contribution in [0.2, 0.25) is 0 Å². The Morgan fingerprint density at radius 3 is 2.39 bits per heavy atom. The maximum atomic E-state index is 13.3. The van der Waals surface area contributed by atoms with Gasteiger partial charge in [0.15, 0.2) is 0 Å². The van der Waals surface area contributed by atoms with Crippen LogP contribution in [0.4, 0.5) is 5.69 Å². The first-order chi connectivity index (χ1) is 14.9. The Balaban J connectivity index is 1.82. The second-order valence-electron chi connectivity index (χ2n) is 7.54. The third kappa shape index (κ3) is 6.46. The molecule has 0 aliphatic rings. The number of carbonyl (C=O) groups is 2. The Morgan fingerprint density at radius 1 is 0.968 bits per heavy atom. The Bertz CT molecular complexity index is 1040. The normalized spacial score (nSPS) is 11.6. The summed E-state index contributed by atoms with van der Waals surface area (Å²) in [6.07, 6.45) is 0. The number of nitrogens with zero attached hydrogens (tertiary/aromatic N) is 1. The van der Waals surface area contributed by atoms with Crippen LogP contribution in [0.1, 0.15) is 36.6 Å². The molecule has 2 amide bonds. The predicted molar refractivity (Wildman–Crippen MR) is 128 cm³/mol. The van der Waals surface area contributed by atoms with Crippen LogP contribution in [0.5, 0.6) is 0 Å². The van der Waals surface area contributed by atoms with Crippen molar-refractivity contribution in [2.24, 2.45) is 0 Å². The molecule has 0 radical (unpaired) electrons. The van der Waals surface area contributed by atoms with Gasteiger partial charge in [0.2, 0.25) is 11.8 Å². The van der Waals surface area contributed by atoms with Crippen molar-refractivity contribution in [2.75, 3.05) is 11.1 Å². The summed E-state index contributed by atoms with van der Waals surface area (Å²) in [7, 11) is 0. The molecule has 0 aromatic heterocycles. The molecule has 1 unspecified atom stereocenters. The number of carbonyl (C=O) groups excluding carboxylic acids is 2. The van der Waals surface area contributed by atoms with Crippen LogP contribution in [0.25, 0.3) is 0 Å². The number of amides is 2. The van der Waals surface area contributed by atoms with E-state index in [9.17, 15) is 9.59 Å². The summed E-state index contributed by atoms with van der Waals surface area (Å²) in [4.78, 5) is 27.8. The van der Waals surface area contributed by atoms with Crippen molar-refractivity contribution in [3.05, 3.63) is 95.6 Å². The van der Waals surface area contributed by atoms with Crippen LogP contribution in [0, 0.1) is 6.92 Å². The van der Waals surface area contributed by atoms with E-state index in [0.717, 1.165) is 21.7 Å². The molecule has 3 rings (SSSR count). The Morgan fingerprint density at radius 2 is 1.68 bits per heavy atom. The van der Waals surface area contributed by atoms with Gasteiger partial charge in [-0.2, -0.15) is 0 Å². The molecule has 1 atom stereocenters. The largest absolute Gasteiger partial charge is 0.331 e. The van der Waals surface area contributed by atoms with Crippen LogP contribution in [0.15, 0.2) is 83.8 Å². The van der Waals surface area contributed by atoms with E-state index in [1.807, 2.05) is 78.6 Å². The minimum Gasteiger partial charge on any atom is -0.331 e. The number of hydrogen-bond acceptors (Lipinski definition) is 3. The van der Waals surface area contributed by atoms with E-state index >= 15 is 0 Å². The van der Waals surface area contributed by atoms with E-state index < -0.39 is 0 Å². The number of benzene rings is 3. The minimum atomic E-state index is -0.140. The van der Waals surface area contributed by atoms with E-state index in [2.05, 4.69) is 24.4 Å². The monoisotopic (exact) mass is 432 g/mol. The Labute approximate surface area is 188 Å². The SMILES string of the molecule is CC(=O)Nc1cccc(C(C)N(Cc2ccccc2)C(=O)CSc2ccccc2C)c1. The highest BCUT2D eigenvalue weighted by atomic mass is 32.2. The third-order valence-electron chi connectivity index (χ3n) is 5.12. The molecule has 0 aliphatic carbocycles. The first-order valence-electron chi connectivity index (χ1n) is 10.3. The standard InChI is InChI=1S/C26H28N2O2S/c1-19-10-7-8-15-25(19)31-18-26(30)28(17-22-11-5-4-6-12-22)20(2)23-13-9-14-24(16-23)27-21(3)29/h4-16,20H,17-18H2,1-3H3,(H,27,29). The zero-order chi connectivity index (χ0) is 22.2. The number of hydrogen-bond donors (Lipinski definition) is 1. The van der Waals surface area contributed by atoms with Crippen LogP contribution in [-0.4, -0.2) is 22.5 Å². The highest BCUT2D eigenvalue weighted by Crippen LogP contribution is 2.28. The molecular formula is C26H28N2O2S. The van der Waals surface area contributed by atoms with Gasteiger partial charge in [-0.3, -0.25) is 9.59 Å². The summed E-state index contributed by atoms with van der Waals surface area (Å²) in [5.74, 6) is 0.333. The lowest BCUT2D eigenvalue weighted by Gasteiger charge is -2.30. The zero-order valence-electron chi connectivity index (χ0n) is 18.2. The van der Waals surface area contributed by atoms with Crippen LogP contribution < -0.4 is 5.32 Å². The molecule has 4 nitrogen and oxygen atoms in total. The summed E-state index contributed by atoms with van der Waals surface area (Å²) >= 11 is 1.57. The third-order valence-corrected chi connectivity index (χ3v) is 6.28. The smallest absolute Gasteiger partial charge is 0.233 e. The molecule has 3 aromatic carbocycles. The quantitative estimate of drug-likeness (QED) is 0.455. The molecule has 3 aromatic rings. The minimum absolute atomic E-state index is 0.0783. The number of nitrogens with one attached hydrogen (secondary N) is 1. The zero-order valence-corrected chi connectivity index (χ0v) is 19.0. The molecule has 0 fully saturated rings. The van der Waals surface area contributed by atoms with Gasteiger partial charge < -0.3 is 10.2 Å². The molecule has 160 valence electrons. The van der Waals surface area contributed by atoms with Crippen molar-refractivity contribution in [2.45, 2.75) is 38.3 Å². The Kier molecular flexibility index (Phi) is 7.90. The van der Waals surface area contributed by atoms with Gasteiger partial charge in [0.1, 0.15) is 0 Å². The summed E-state index contributed by atoms with van der Waals surface area (Å²) < 4.78 is 0. The molecule has 5 heteroatoms. The lowest BCUT2D eigenvalue weighted by atomic mass is 10.0. The average molecular weight is 433 g/mol. The summed E-state index contributed by atoms with van der Waals surface area (Å²) in [5.41, 5.74) is 3.97. The molecule has 0 aliphatic heterocycles. The highest BCUT2D eigenvalue weighted by molar-refractivity contribution is 8.00. The fourth-order valence-electron chi connectivity index (χ4n) is 3.42. The number of rotatable bonds is 8. The lowest BCUT2D eigenvalue weighted by molar-refractivity contribution is -0.131. The maximum absolute atomic E-state index is 13.3. The van der Waals surface area contributed by atoms with Gasteiger partial charge in [-0.25, -0.2) is 0 Å². The predicted octanol–water partition coefficient (Wildman–Crippen LogP) is 5.84. The van der Waals surface area contributed by atoms with E-state index in [1.54, 1.807) is 11.8 Å². The molecule has 0 saturated carbocycles. The van der Waals surface area contributed by atoms with E-state index in [0.29, 0.717) is 12.3 Å². The van der Waals surface area contributed by atoms with Crippen molar-refractivity contribution >= 4 is 29.3 Å². The van der Waals surface area contributed by atoms with Gasteiger partial charge in [-0.15, -0.1) is 11.8 Å². The average Bonchev–Trinajstić information content (AvgIpc) is 2.77. The van der Waals surface area contributed by atoms with E-state index in [4.69, 9.17) is 0 Å². The molecule has 0 heterocycles. The van der Waals surface area contributed by atoms with E-state index in [1.165, 1.54) is 12.5 Å².